The highest BCUT2D eigenvalue weighted by Crippen LogP contribution is 2.55. The number of fused-ring (bicyclic) bond motifs is 3. The van der Waals surface area contributed by atoms with E-state index in [-0.39, 0.29) is 6.61 Å². The standard InChI is InChI=1S/C18H24O5/c1-20-16-17-10-3-2-4-14(17)9-11-18(21-16,23-22-17)15-7-5-13(12-19)6-8-15/h5-8,14,16,19H,2-4,9-12H2,1H3/t14-,16+,17?,18-/m1/s1. The van der Waals surface area contributed by atoms with Gasteiger partial charge >= 0.3 is 0 Å². The van der Waals surface area contributed by atoms with Crippen LogP contribution < -0.4 is 0 Å². The van der Waals surface area contributed by atoms with Crippen LogP contribution in [0.5, 0.6) is 0 Å². The summed E-state index contributed by atoms with van der Waals surface area (Å²) in [5, 5.41) is 9.23. The normalized spacial score (nSPS) is 39.7. The third kappa shape index (κ3) is 2.34. The SMILES string of the molecule is CO[C@H]1O[C@]2(c3ccc(CO)cc3)CC[C@H]3CCCCC31OO2. The zero-order valence-corrected chi connectivity index (χ0v) is 13.5. The molecular formula is C18H24O5. The number of hydrogen-bond donors (Lipinski definition) is 1. The zero-order chi connectivity index (χ0) is 15.9. The maximum Gasteiger partial charge on any atom is 0.230 e. The molecule has 3 heterocycles. The van der Waals surface area contributed by atoms with Gasteiger partial charge in [-0.15, -0.1) is 0 Å². The van der Waals surface area contributed by atoms with Crippen molar-refractivity contribution in [2.24, 2.45) is 5.92 Å². The molecule has 4 atom stereocenters. The molecule has 1 N–H and O–H groups in total. The number of hydrogen-bond acceptors (Lipinski definition) is 5. The Morgan fingerprint density at radius 2 is 1.96 bits per heavy atom. The summed E-state index contributed by atoms with van der Waals surface area (Å²) in [7, 11) is 1.68. The highest BCUT2D eigenvalue weighted by Gasteiger charge is 2.61. The highest BCUT2D eigenvalue weighted by atomic mass is 17.3. The van der Waals surface area contributed by atoms with Crippen LogP contribution in [0.2, 0.25) is 0 Å². The number of aliphatic hydroxyl groups is 1. The predicted molar refractivity (Wildman–Crippen MR) is 82.0 cm³/mol. The smallest absolute Gasteiger partial charge is 0.230 e. The van der Waals surface area contributed by atoms with Crippen LogP contribution in [0.4, 0.5) is 0 Å². The van der Waals surface area contributed by atoms with Crippen molar-refractivity contribution in [3.05, 3.63) is 35.4 Å². The summed E-state index contributed by atoms with van der Waals surface area (Å²) in [5.41, 5.74) is 1.30. The van der Waals surface area contributed by atoms with Gasteiger partial charge in [-0.25, -0.2) is 4.89 Å². The van der Waals surface area contributed by atoms with E-state index in [0.717, 1.165) is 43.2 Å². The quantitative estimate of drug-likeness (QED) is 0.868. The fourth-order valence-electron chi connectivity index (χ4n) is 4.36. The second kappa shape index (κ2) is 5.83. The molecular weight excluding hydrogens is 296 g/mol. The lowest BCUT2D eigenvalue weighted by molar-refractivity contribution is -0.558. The van der Waals surface area contributed by atoms with Crippen LogP contribution in [0.25, 0.3) is 0 Å². The van der Waals surface area contributed by atoms with Crippen molar-refractivity contribution in [2.75, 3.05) is 7.11 Å². The number of benzene rings is 1. The fourth-order valence-corrected chi connectivity index (χ4v) is 4.36. The van der Waals surface area contributed by atoms with Crippen molar-refractivity contribution in [1.82, 2.24) is 0 Å². The number of rotatable bonds is 3. The molecule has 3 saturated heterocycles. The van der Waals surface area contributed by atoms with E-state index in [9.17, 15) is 5.11 Å². The first-order chi connectivity index (χ1) is 11.2. The maximum absolute atomic E-state index is 9.23. The average Bonchev–Trinajstić information content (AvgIpc) is 2.88. The van der Waals surface area contributed by atoms with Gasteiger partial charge in [0.2, 0.25) is 5.79 Å². The predicted octanol–water partition coefficient (Wildman–Crippen LogP) is 3.01. The maximum atomic E-state index is 9.23. The first-order valence-electron chi connectivity index (χ1n) is 8.50. The van der Waals surface area contributed by atoms with Gasteiger partial charge in [-0.2, -0.15) is 4.89 Å². The van der Waals surface area contributed by atoms with E-state index in [1.807, 2.05) is 24.3 Å². The summed E-state index contributed by atoms with van der Waals surface area (Å²) in [5.74, 6) is -0.514. The van der Waals surface area contributed by atoms with Gasteiger partial charge in [-0.3, -0.25) is 0 Å². The Hall–Kier alpha value is -0.980. The van der Waals surface area contributed by atoms with Gasteiger partial charge < -0.3 is 14.6 Å². The summed E-state index contributed by atoms with van der Waals surface area (Å²) in [6.07, 6.45) is 5.72. The molecule has 5 rings (SSSR count). The van der Waals surface area contributed by atoms with Crippen molar-refractivity contribution >= 4 is 0 Å². The van der Waals surface area contributed by atoms with Crippen LogP contribution in [-0.2, 0) is 31.6 Å². The van der Waals surface area contributed by atoms with Crippen molar-refractivity contribution in [1.29, 1.82) is 0 Å². The molecule has 1 aliphatic carbocycles. The molecule has 0 aromatic heterocycles. The summed E-state index contributed by atoms with van der Waals surface area (Å²) in [4.78, 5) is 11.9. The van der Waals surface area contributed by atoms with Crippen molar-refractivity contribution in [2.45, 2.75) is 62.8 Å². The van der Waals surface area contributed by atoms with E-state index < -0.39 is 17.7 Å². The minimum atomic E-state index is -0.919. The Kier molecular flexibility index (Phi) is 3.94. The third-order valence-corrected chi connectivity index (χ3v) is 5.70. The molecule has 5 heteroatoms. The first-order valence-corrected chi connectivity index (χ1v) is 8.50. The summed E-state index contributed by atoms with van der Waals surface area (Å²) in [6.45, 7) is 0.0252. The Labute approximate surface area is 136 Å². The van der Waals surface area contributed by atoms with E-state index in [1.54, 1.807) is 7.11 Å². The molecule has 4 fully saturated rings. The number of methoxy groups -OCH3 is 1. The number of aliphatic hydroxyl groups excluding tert-OH is 1. The summed E-state index contributed by atoms with van der Waals surface area (Å²) >= 11 is 0. The van der Waals surface area contributed by atoms with Crippen LogP contribution in [-0.4, -0.2) is 24.1 Å². The van der Waals surface area contributed by atoms with E-state index in [0.29, 0.717) is 5.92 Å². The van der Waals surface area contributed by atoms with Gasteiger partial charge in [0.25, 0.3) is 0 Å². The lowest BCUT2D eigenvalue weighted by Crippen LogP contribution is -2.59. The lowest BCUT2D eigenvalue weighted by atomic mass is 9.73. The van der Waals surface area contributed by atoms with E-state index in [1.165, 1.54) is 6.42 Å². The zero-order valence-electron chi connectivity index (χ0n) is 13.5. The molecule has 4 aliphatic rings. The van der Waals surface area contributed by atoms with Crippen molar-refractivity contribution in [3.63, 3.8) is 0 Å². The van der Waals surface area contributed by atoms with Crippen molar-refractivity contribution < 1.29 is 24.4 Å². The second-order valence-electron chi connectivity index (χ2n) is 6.90. The molecule has 1 aromatic carbocycles. The second-order valence-corrected chi connectivity index (χ2v) is 6.90. The van der Waals surface area contributed by atoms with Gasteiger partial charge in [0, 0.05) is 19.1 Å². The third-order valence-electron chi connectivity index (χ3n) is 5.70. The minimum Gasteiger partial charge on any atom is -0.392 e. The monoisotopic (exact) mass is 320 g/mol. The average molecular weight is 320 g/mol. The van der Waals surface area contributed by atoms with Crippen LogP contribution in [0.15, 0.2) is 24.3 Å². The molecule has 1 unspecified atom stereocenters. The molecule has 5 nitrogen and oxygen atoms in total. The van der Waals surface area contributed by atoms with E-state index >= 15 is 0 Å². The Morgan fingerprint density at radius 3 is 2.70 bits per heavy atom. The Bertz CT molecular complexity index is 555. The molecule has 1 aromatic rings. The minimum absolute atomic E-state index is 0.0252. The molecule has 0 amide bonds. The molecule has 1 saturated carbocycles. The molecule has 1 spiro atoms. The van der Waals surface area contributed by atoms with E-state index in [4.69, 9.17) is 19.2 Å². The van der Waals surface area contributed by atoms with Gasteiger partial charge in [-0.1, -0.05) is 37.1 Å². The Balaban J connectivity index is 1.70. The van der Waals surface area contributed by atoms with Crippen LogP contribution in [0.3, 0.4) is 0 Å². The fraction of sp³-hybridized carbons (Fsp3) is 0.667. The van der Waals surface area contributed by atoms with Crippen molar-refractivity contribution in [3.8, 4) is 0 Å². The summed E-state index contributed by atoms with van der Waals surface area (Å²) < 4.78 is 12.0. The molecule has 126 valence electrons. The van der Waals surface area contributed by atoms with Gasteiger partial charge in [0.15, 0.2) is 11.9 Å². The molecule has 23 heavy (non-hydrogen) atoms. The highest BCUT2D eigenvalue weighted by molar-refractivity contribution is 5.26. The lowest BCUT2D eigenvalue weighted by Gasteiger charge is -2.49. The molecule has 0 radical (unpaired) electrons. The van der Waals surface area contributed by atoms with Gasteiger partial charge in [0.1, 0.15) is 0 Å². The molecule has 2 bridgehead atoms. The summed E-state index contributed by atoms with van der Waals surface area (Å²) in [6, 6.07) is 7.66. The van der Waals surface area contributed by atoms with Crippen LogP contribution in [0, 0.1) is 5.92 Å². The first kappa shape index (κ1) is 15.5. The number of ether oxygens (including phenoxy) is 2. The topological polar surface area (TPSA) is 57.2 Å². The van der Waals surface area contributed by atoms with Gasteiger partial charge in [-0.05, 0) is 30.7 Å². The Morgan fingerprint density at radius 1 is 1.13 bits per heavy atom. The van der Waals surface area contributed by atoms with Crippen LogP contribution in [0.1, 0.15) is 49.7 Å². The molecule has 3 aliphatic heterocycles. The van der Waals surface area contributed by atoms with E-state index in [2.05, 4.69) is 0 Å². The van der Waals surface area contributed by atoms with Gasteiger partial charge in [0.05, 0.1) is 6.61 Å². The van der Waals surface area contributed by atoms with Crippen LogP contribution >= 0.6 is 0 Å². The largest absolute Gasteiger partial charge is 0.392 e.